The van der Waals surface area contributed by atoms with Gasteiger partial charge >= 0.3 is 5.97 Å². The van der Waals surface area contributed by atoms with Gasteiger partial charge in [0, 0.05) is 10.6 Å². The van der Waals surface area contributed by atoms with Crippen LogP contribution in [0, 0.1) is 0 Å². The molecule has 4 aromatic carbocycles. The van der Waals surface area contributed by atoms with Crippen LogP contribution < -0.4 is 10.1 Å². The number of rotatable bonds is 11. The summed E-state index contributed by atoms with van der Waals surface area (Å²) in [5.41, 5.74) is 3.19. The number of hydrogen-bond donors (Lipinski definition) is 3. The van der Waals surface area contributed by atoms with E-state index in [1.807, 2.05) is 78.9 Å². The monoisotopic (exact) mass is 644 g/mol. The first-order valence-electron chi connectivity index (χ1n) is 13.7. The summed E-state index contributed by atoms with van der Waals surface area (Å²) in [6.07, 6.45) is 5.13. The topological polar surface area (TPSA) is 95.9 Å². The summed E-state index contributed by atoms with van der Waals surface area (Å²) < 4.78 is 20.4. The Morgan fingerprint density at radius 3 is 2.25 bits per heavy atom. The Bertz CT molecular complexity index is 1690. The van der Waals surface area contributed by atoms with Crippen molar-refractivity contribution in [1.29, 1.82) is 0 Å². The minimum absolute atomic E-state index is 0.144. The molecule has 1 aliphatic rings. The highest BCUT2D eigenvalue weighted by Gasteiger charge is 2.41. The number of hydrogen-bond acceptors (Lipinski definition) is 6. The summed E-state index contributed by atoms with van der Waals surface area (Å²) in [6, 6.07) is 29.9. The van der Waals surface area contributed by atoms with Crippen molar-refractivity contribution in [2.45, 2.75) is 24.6 Å². The predicted molar refractivity (Wildman–Crippen MR) is 177 cm³/mol. The molecule has 7 nitrogen and oxygen atoms in total. The number of nitrogens with one attached hydrogen (secondary N) is 1. The molecule has 0 aliphatic carbocycles. The van der Waals surface area contributed by atoms with Gasteiger partial charge in [-0.1, -0.05) is 84.4 Å². The van der Waals surface area contributed by atoms with E-state index in [-0.39, 0.29) is 12.2 Å². The average Bonchev–Trinajstić information content (AvgIpc) is 3.31. The van der Waals surface area contributed by atoms with E-state index in [2.05, 4.69) is 17.9 Å². The van der Waals surface area contributed by atoms with Crippen molar-refractivity contribution in [2.24, 2.45) is 0 Å². The summed E-state index contributed by atoms with van der Waals surface area (Å²) in [7, 11) is -1.75. The summed E-state index contributed by atoms with van der Waals surface area (Å²) in [6.45, 7) is 0.396. The number of ether oxygens (including phenoxy) is 1. The first-order valence-corrected chi connectivity index (χ1v) is 15.7. The third-order valence-corrected chi connectivity index (χ3v) is 9.12. The number of carbonyl (C=O) groups excluding carboxylic acids is 1. The van der Waals surface area contributed by atoms with Gasteiger partial charge in [0.05, 0.1) is 0 Å². The van der Waals surface area contributed by atoms with E-state index in [1.54, 1.807) is 36.4 Å². The highest BCUT2D eigenvalue weighted by Crippen LogP contribution is 2.27. The van der Waals surface area contributed by atoms with E-state index < -0.39 is 28.5 Å². The van der Waals surface area contributed by atoms with E-state index in [9.17, 15) is 18.9 Å². The van der Waals surface area contributed by atoms with Gasteiger partial charge in [-0.3, -0.25) is 9.59 Å². The number of aliphatic carboxylic acids is 1. The lowest BCUT2D eigenvalue weighted by atomic mass is 10.1. The van der Waals surface area contributed by atoms with Crippen LogP contribution in [0.15, 0.2) is 114 Å². The zero-order chi connectivity index (χ0) is 31.1. The fourth-order valence-corrected chi connectivity index (χ4v) is 6.61. The molecule has 44 heavy (non-hydrogen) atoms. The molecule has 0 spiro atoms. The van der Waals surface area contributed by atoms with Crippen molar-refractivity contribution >= 4 is 59.1 Å². The molecular formula is C34H29ClN2O5S2. The second-order valence-electron chi connectivity index (χ2n) is 9.98. The molecule has 0 bridgehead atoms. The zero-order valence-electron chi connectivity index (χ0n) is 23.4. The number of ketones is 1. The quantitative estimate of drug-likeness (QED) is 0.0969. The minimum atomic E-state index is -1.75. The van der Waals surface area contributed by atoms with E-state index in [1.165, 1.54) is 10.4 Å². The number of benzene rings is 4. The van der Waals surface area contributed by atoms with Crippen molar-refractivity contribution in [3.63, 3.8) is 0 Å². The van der Waals surface area contributed by atoms with E-state index in [4.69, 9.17) is 16.3 Å². The maximum absolute atomic E-state index is 13.3. The molecule has 224 valence electrons. The van der Waals surface area contributed by atoms with Gasteiger partial charge in [0.25, 0.3) is 0 Å². The van der Waals surface area contributed by atoms with Crippen LogP contribution in [0.5, 0.6) is 5.75 Å². The lowest BCUT2D eigenvalue weighted by Crippen LogP contribution is -2.45. The molecule has 0 aromatic heterocycles. The fraction of sp³-hybridized carbons (Fsp3) is 0.118. The van der Waals surface area contributed by atoms with Gasteiger partial charge in [-0.2, -0.15) is 4.31 Å². The molecule has 0 radical (unpaired) electrons. The molecule has 10 heteroatoms. The van der Waals surface area contributed by atoms with Crippen LogP contribution in [-0.2, 0) is 28.8 Å². The first-order chi connectivity index (χ1) is 21.3. The molecule has 0 amide bonds. The summed E-state index contributed by atoms with van der Waals surface area (Å²) in [4.78, 5) is 24.8. The second kappa shape index (κ2) is 14.5. The molecule has 2 N–H and O–H groups in total. The third kappa shape index (κ3) is 8.06. The average molecular weight is 645 g/mol. The van der Waals surface area contributed by atoms with Gasteiger partial charge in [0.15, 0.2) is 5.78 Å². The Kier molecular flexibility index (Phi) is 10.3. The highest BCUT2D eigenvalue weighted by atomic mass is 35.5. The SMILES string of the molecule is O=C(/C=C/c1ccc(/C=C2/N[C@H](S)N([C@@H](Cc3ccccc3)C(=O)O)S2=O)cc1)c1ccc(OCc2ccc(Cl)cc2)cc1. The van der Waals surface area contributed by atoms with Crippen LogP contribution >= 0.6 is 24.2 Å². The smallest absolute Gasteiger partial charge is 0.322 e. The van der Waals surface area contributed by atoms with Gasteiger partial charge in [0.2, 0.25) is 0 Å². The molecule has 5 rings (SSSR count). The lowest BCUT2D eigenvalue weighted by molar-refractivity contribution is -0.141. The van der Waals surface area contributed by atoms with Gasteiger partial charge in [0.1, 0.15) is 39.9 Å². The standard InChI is InChI=1S/C34H29ClN2O5S2/c35-28-15-10-26(11-16-28)22-42-29-17-13-27(14-18-29)31(38)19-12-23-6-8-25(9-7-23)21-32-36-34(43)37(44(32)41)30(33(39)40)20-24-4-2-1-3-5-24/h1-19,21,30,34,36,43H,20,22H2,(H,39,40)/b19-12+,32-21-/t30-,34-,44?/m0/s1. The van der Waals surface area contributed by atoms with Gasteiger partial charge in [-0.25, -0.2) is 4.21 Å². The number of thiol groups is 1. The van der Waals surface area contributed by atoms with Crippen molar-refractivity contribution in [1.82, 2.24) is 9.62 Å². The molecule has 1 aliphatic heterocycles. The number of halogens is 1. The van der Waals surface area contributed by atoms with Crippen LogP contribution in [-0.4, -0.2) is 36.9 Å². The van der Waals surface area contributed by atoms with Crippen LogP contribution in [0.4, 0.5) is 0 Å². The van der Waals surface area contributed by atoms with Crippen molar-refractivity contribution in [3.8, 4) is 5.75 Å². The summed E-state index contributed by atoms with van der Waals surface area (Å²) >= 11 is 10.4. The largest absolute Gasteiger partial charge is 0.489 e. The molecule has 1 fully saturated rings. The van der Waals surface area contributed by atoms with E-state index >= 15 is 0 Å². The molecule has 4 aromatic rings. The predicted octanol–water partition coefficient (Wildman–Crippen LogP) is 6.59. The number of carboxylic acid groups (broad SMARTS) is 1. The maximum Gasteiger partial charge on any atom is 0.322 e. The molecule has 3 atom stereocenters. The Morgan fingerprint density at radius 2 is 1.59 bits per heavy atom. The number of allylic oxidation sites excluding steroid dienone is 1. The van der Waals surface area contributed by atoms with Crippen LogP contribution in [0.3, 0.4) is 0 Å². The van der Waals surface area contributed by atoms with Crippen molar-refractivity contribution in [2.75, 3.05) is 0 Å². The molecule has 1 saturated heterocycles. The van der Waals surface area contributed by atoms with Crippen LogP contribution in [0.25, 0.3) is 12.2 Å². The Morgan fingerprint density at radius 1 is 0.932 bits per heavy atom. The second-order valence-corrected chi connectivity index (χ2v) is 12.3. The lowest BCUT2D eigenvalue weighted by Gasteiger charge is -2.24. The third-order valence-electron chi connectivity index (χ3n) is 6.88. The number of carbonyl (C=O) groups is 2. The van der Waals surface area contributed by atoms with Crippen LogP contribution in [0.2, 0.25) is 5.02 Å². The molecular weight excluding hydrogens is 616 g/mol. The number of carboxylic acids is 1. The van der Waals surface area contributed by atoms with Gasteiger partial charge in [-0.15, -0.1) is 12.6 Å². The van der Waals surface area contributed by atoms with Crippen LogP contribution in [0.1, 0.15) is 32.6 Å². The van der Waals surface area contributed by atoms with Gasteiger partial charge < -0.3 is 15.2 Å². The van der Waals surface area contributed by atoms with Crippen molar-refractivity contribution in [3.05, 3.63) is 147 Å². The van der Waals surface area contributed by atoms with Gasteiger partial charge in [-0.05, 0) is 77.2 Å². The Labute approximate surface area is 268 Å². The first kappa shape index (κ1) is 31.3. The number of nitrogens with zero attached hydrogens (tertiary/aromatic N) is 1. The molecule has 0 saturated carbocycles. The Balaban J connectivity index is 1.18. The maximum atomic E-state index is 13.3. The molecule has 1 heterocycles. The summed E-state index contributed by atoms with van der Waals surface area (Å²) in [5, 5.41) is 14.0. The van der Waals surface area contributed by atoms with E-state index in [0.29, 0.717) is 28.0 Å². The van der Waals surface area contributed by atoms with E-state index in [0.717, 1.165) is 22.3 Å². The molecule has 1 unspecified atom stereocenters. The summed E-state index contributed by atoms with van der Waals surface area (Å²) in [5.74, 6) is -0.562. The highest BCUT2D eigenvalue weighted by molar-refractivity contribution is 7.89. The zero-order valence-corrected chi connectivity index (χ0v) is 25.8. The van der Waals surface area contributed by atoms with Crippen molar-refractivity contribution < 1.29 is 23.6 Å². The normalized spacial score (nSPS) is 18.3. The minimum Gasteiger partial charge on any atom is -0.489 e. The Hall–Kier alpha value is -4.15. The fourth-order valence-electron chi connectivity index (χ4n) is 4.53.